The van der Waals surface area contributed by atoms with E-state index in [2.05, 4.69) is 16.5 Å². The minimum Gasteiger partial charge on any atom is -0.467 e. The van der Waals surface area contributed by atoms with Gasteiger partial charge in [-0.3, -0.25) is 4.68 Å². The number of rotatable bonds is 8. The molecule has 0 spiro atoms. The number of aryl methyl sites for hydroxylation is 1. The number of hydrogen-bond donors (Lipinski definition) is 2. The maximum absolute atomic E-state index is 10.1. The Bertz CT molecular complexity index is 819. The lowest BCUT2D eigenvalue weighted by Crippen LogP contribution is -2.20. The molecule has 0 bridgehead atoms. The molecule has 0 fully saturated rings. The van der Waals surface area contributed by atoms with Crippen molar-refractivity contribution >= 4 is 0 Å². The van der Waals surface area contributed by atoms with Gasteiger partial charge in [0.1, 0.15) is 11.9 Å². The zero-order valence-corrected chi connectivity index (χ0v) is 13.8. The van der Waals surface area contributed by atoms with Crippen LogP contribution in [0.15, 0.2) is 59.3 Å². The third-order valence-corrected chi connectivity index (χ3v) is 3.86. The van der Waals surface area contributed by atoms with Crippen molar-refractivity contribution in [2.24, 2.45) is 0 Å². The summed E-state index contributed by atoms with van der Waals surface area (Å²) in [5.74, 6) is 0.542. The van der Waals surface area contributed by atoms with E-state index in [0.717, 1.165) is 16.8 Å². The number of aliphatic hydroxyl groups is 1. The van der Waals surface area contributed by atoms with Crippen LogP contribution in [0.5, 0.6) is 0 Å². The smallest absolute Gasteiger partial charge is 0.133 e. The number of benzene rings is 1. The molecular formula is C19H20N4O2. The molecule has 1 unspecified atom stereocenters. The molecule has 3 rings (SSSR count). The molecule has 1 atom stereocenters. The summed E-state index contributed by atoms with van der Waals surface area (Å²) >= 11 is 0. The van der Waals surface area contributed by atoms with Crippen LogP contribution < -0.4 is 5.32 Å². The molecule has 6 heteroatoms. The molecule has 0 saturated heterocycles. The monoisotopic (exact) mass is 336 g/mol. The Balaban J connectivity index is 1.70. The number of nitrogens with zero attached hydrogens (tertiary/aromatic N) is 3. The lowest BCUT2D eigenvalue weighted by Gasteiger charge is -2.09. The van der Waals surface area contributed by atoms with Crippen LogP contribution in [0.25, 0.3) is 11.3 Å². The van der Waals surface area contributed by atoms with Crippen LogP contribution in [0.2, 0.25) is 0 Å². The van der Waals surface area contributed by atoms with Crippen molar-refractivity contribution in [1.82, 2.24) is 15.1 Å². The standard InChI is InChI=1S/C19H20N4O2/c20-9-5-10-23-14-16(19(22-23)15-6-2-1-3-7-15)12-21-13-17(24)18-8-4-11-25-18/h1-4,6-8,11,14,17,21,24H,5,10,12-13H2. The lowest BCUT2D eigenvalue weighted by atomic mass is 10.1. The Morgan fingerprint density at radius 2 is 2.08 bits per heavy atom. The van der Waals surface area contributed by atoms with Gasteiger partial charge >= 0.3 is 0 Å². The zero-order chi connectivity index (χ0) is 17.5. The minimum absolute atomic E-state index is 0.380. The van der Waals surface area contributed by atoms with Crippen molar-refractivity contribution < 1.29 is 9.52 Å². The number of furan rings is 1. The fourth-order valence-corrected chi connectivity index (χ4v) is 2.64. The highest BCUT2D eigenvalue weighted by Crippen LogP contribution is 2.22. The number of aromatic nitrogens is 2. The van der Waals surface area contributed by atoms with Crippen molar-refractivity contribution in [2.75, 3.05) is 6.54 Å². The van der Waals surface area contributed by atoms with Gasteiger partial charge in [-0.05, 0) is 12.1 Å². The average Bonchev–Trinajstić information content (AvgIpc) is 3.31. The predicted octanol–water partition coefficient (Wildman–Crippen LogP) is 2.88. The highest BCUT2D eigenvalue weighted by atomic mass is 16.4. The van der Waals surface area contributed by atoms with Crippen molar-refractivity contribution in [3.8, 4) is 17.3 Å². The molecule has 2 N–H and O–H groups in total. The first-order valence-corrected chi connectivity index (χ1v) is 8.19. The van der Waals surface area contributed by atoms with E-state index in [0.29, 0.717) is 31.8 Å². The van der Waals surface area contributed by atoms with E-state index in [9.17, 15) is 5.11 Å². The summed E-state index contributed by atoms with van der Waals surface area (Å²) < 4.78 is 7.00. The Morgan fingerprint density at radius 1 is 1.24 bits per heavy atom. The van der Waals surface area contributed by atoms with Gasteiger partial charge in [-0.2, -0.15) is 10.4 Å². The van der Waals surface area contributed by atoms with Gasteiger partial charge in [-0.25, -0.2) is 0 Å². The van der Waals surface area contributed by atoms with Gasteiger partial charge in [-0.15, -0.1) is 0 Å². The zero-order valence-electron chi connectivity index (χ0n) is 13.8. The van der Waals surface area contributed by atoms with Crippen molar-refractivity contribution in [2.45, 2.75) is 25.6 Å². The van der Waals surface area contributed by atoms with E-state index < -0.39 is 6.10 Å². The summed E-state index contributed by atoms with van der Waals surface area (Å²) in [7, 11) is 0. The third kappa shape index (κ3) is 4.35. The molecule has 0 aliphatic carbocycles. The summed E-state index contributed by atoms with van der Waals surface area (Å²) in [5, 5.41) is 26.7. The predicted molar refractivity (Wildman–Crippen MR) is 93.3 cm³/mol. The first-order chi connectivity index (χ1) is 12.3. The maximum Gasteiger partial charge on any atom is 0.133 e. The minimum atomic E-state index is -0.691. The molecule has 0 saturated carbocycles. The van der Waals surface area contributed by atoms with E-state index in [4.69, 9.17) is 9.68 Å². The molecule has 1 aromatic carbocycles. The topological polar surface area (TPSA) is 87.0 Å². The van der Waals surface area contributed by atoms with Crippen LogP contribution >= 0.6 is 0 Å². The van der Waals surface area contributed by atoms with Crippen LogP contribution in [0.4, 0.5) is 0 Å². The van der Waals surface area contributed by atoms with E-state index in [1.807, 2.05) is 36.5 Å². The molecule has 2 heterocycles. The molecule has 0 aliphatic rings. The van der Waals surface area contributed by atoms with Gasteiger partial charge < -0.3 is 14.8 Å². The second kappa shape index (κ2) is 8.29. The quantitative estimate of drug-likeness (QED) is 0.660. The van der Waals surface area contributed by atoms with Crippen molar-refractivity contribution in [3.63, 3.8) is 0 Å². The van der Waals surface area contributed by atoms with E-state index in [-0.39, 0.29) is 0 Å². The Kier molecular flexibility index (Phi) is 5.62. The second-order valence-electron chi connectivity index (χ2n) is 5.70. The van der Waals surface area contributed by atoms with Crippen molar-refractivity contribution in [1.29, 1.82) is 5.26 Å². The van der Waals surface area contributed by atoms with Gasteiger partial charge in [0.2, 0.25) is 0 Å². The Hall–Kier alpha value is -2.88. The summed E-state index contributed by atoms with van der Waals surface area (Å²) in [6, 6.07) is 15.6. The van der Waals surface area contributed by atoms with Crippen LogP contribution in [-0.4, -0.2) is 21.4 Å². The SMILES string of the molecule is N#CCCn1cc(CNCC(O)c2ccco2)c(-c2ccccc2)n1. The average molecular weight is 336 g/mol. The molecule has 128 valence electrons. The molecule has 6 nitrogen and oxygen atoms in total. The maximum atomic E-state index is 10.1. The summed E-state index contributed by atoms with van der Waals surface area (Å²) in [6.45, 7) is 1.50. The van der Waals surface area contributed by atoms with Crippen LogP contribution in [0, 0.1) is 11.3 Å². The molecule has 0 aliphatic heterocycles. The number of nitrogens with one attached hydrogen (secondary N) is 1. The highest BCUT2D eigenvalue weighted by molar-refractivity contribution is 5.62. The number of aliphatic hydroxyl groups excluding tert-OH is 1. The van der Waals surface area contributed by atoms with Crippen LogP contribution in [-0.2, 0) is 13.1 Å². The highest BCUT2D eigenvalue weighted by Gasteiger charge is 2.13. The number of hydrogen-bond acceptors (Lipinski definition) is 5. The van der Waals surface area contributed by atoms with Gasteiger partial charge in [0.15, 0.2) is 0 Å². The Labute approximate surface area is 146 Å². The normalized spacial score (nSPS) is 12.0. The summed E-state index contributed by atoms with van der Waals surface area (Å²) in [4.78, 5) is 0. The first-order valence-electron chi connectivity index (χ1n) is 8.19. The van der Waals surface area contributed by atoms with E-state index in [1.165, 1.54) is 0 Å². The van der Waals surface area contributed by atoms with Gasteiger partial charge in [-0.1, -0.05) is 30.3 Å². The summed E-state index contributed by atoms with van der Waals surface area (Å²) in [6.07, 6.45) is 3.22. The van der Waals surface area contributed by atoms with Gasteiger partial charge in [0.25, 0.3) is 0 Å². The molecule has 25 heavy (non-hydrogen) atoms. The molecule has 3 aromatic rings. The summed E-state index contributed by atoms with van der Waals surface area (Å²) in [5.41, 5.74) is 2.94. The number of nitriles is 1. The largest absolute Gasteiger partial charge is 0.467 e. The van der Waals surface area contributed by atoms with E-state index >= 15 is 0 Å². The lowest BCUT2D eigenvalue weighted by molar-refractivity contribution is 0.147. The molecule has 2 aromatic heterocycles. The fraction of sp³-hybridized carbons (Fsp3) is 0.263. The molecular weight excluding hydrogens is 316 g/mol. The molecule has 0 radical (unpaired) electrons. The third-order valence-electron chi connectivity index (χ3n) is 3.86. The molecule has 0 amide bonds. The fourth-order valence-electron chi connectivity index (χ4n) is 2.64. The van der Waals surface area contributed by atoms with E-state index in [1.54, 1.807) is 23.1 Å². The first kappa shape index (κ1) is 17.0. The van der Waals surface area contributed by atoms with Gasteiger partial charge in [0, 0.05) is 30.4 Å². The second-order valence-corrected chi connectivity index (χ2v) is 5.70. The van der Waals surface area contributed by atoms with Crippen molar-refractivity contribution in [3.05, 3.63) is 66.2 Å². The van der Waals surface area contributed by atoms with Gasteiger partial charge in [0.05, 0.1) is 31.0 Å². The van der Waals surface area contributed by atoms with Crippen LogP contribution in [0.1, 0.15) is 23.8 Å². The van der Waals surface area contributed by atoms with Crippen LogP contribution in [0.3, 0.4) is 0 Å². The Morgan fingerprint density at radius 3 is 2.80 bits per heavy atom.